The van der Waals surface area contributed by atoms with Gasteiger partial charge in [0.05, 0.1) is 12.2 Å². The van der Waals surface area contributed by atoms with Crippen LogP contribution < -0.4 is 14.2 Å². The fourth-order valence-corrected chi connectivity index (χ4v) is 6.11. The summed E-state index contributed by atoms with van der Waals surface area (Å²) in [5, 5.41) is 16.4. The van der Waals surface area contributed by atoms with Gasteiger partial charge in [0.1, 0.15) is 24.0 Å². The molecule has 1 saturated carbocycles. The number of amidine groups is 2. The molecule has 1 aliphatic carbocycles. The number of carbonyl (C=O) groups is 1. The lowest BCUT2D eigenvalue weighted by Gasteiger charge is -2.20. The van der Waals surface area contributed by atoms with Crippen molar-refractivity contribution in [1.29, 1.82) is 5.41 Å². The van der Waals surface area contributed by atoms with Gasteiger partial charge in [-0.15, -0.1) is 0 Å². The molecule has 216 valence electrons. The molecule has 2 heterocycles. The third-order valence-corrected chi connectivity index (χ3v) is 8.40. The van der Waals surface area contributed by atoms with E-state index in [9.17, 15) is 4.79 Å². The smallest absolute Gasteiger partial charge is 0.283 e. The van der Waals surface area contributed by atoms with Crippen LogP contribution in [0, 0.1) is 11.3 Å². The Labute approximate surface area is 246 Å². The minimum atomic E-state index is -0.431. The molecule has 0 bridgehead atoms. The van der Waals surface area contributed by atoms with Crippen LogP contribution in [0.15, 0.2) is 58.1 Å². The summed E-state index contributed by atoms with van der Waals surface area (Å²) in [5.41, 5.74) is 2.27. The SMILES string of the molecule is CCOc1cc(/C=C2/C(=N)N3N=C(C4CCCCC4)SC3=NC2=O)ccc1OCCOc1ccc(C(C)(C)C)cc1. The number of aliphatic imine (C=N–C) groups is 1. The maximum atomic E-state index is 12.9. The summed E-state index contributed by atoms with van der Waals surface area (Å²) in [4.78, 5) is 17.2. The molecule has 0 unspecified atom stereocenters. The number of ether oxygens (including phenoxy) is 3. The van der Waals surface area contributed by atoms with Crippen LogP contribution in [0.4, 0.5) is 0 Å². The second-order valence-corrected chi connectivity index (χ2v) is 12.4. The zero-order chi connectivity index (χ0) is 29.0. The fraction of sp³-hybridized carbons (Fsp3) is 0.438. The first kappa shape index (κ1) is 28.9. The summed E-state index contributed by atoms with van der Waals surface area (Å²) >= 11 is 1.43. The highest BCUT2D eigenvalue weighted by Crippen LogP contribution is 2.37. The molecule has 2 aromatic rings. The molecular weight excluding hydrogens is 536 g/mol. The van der Waals surface area contributed by atoms with E-state index in [1.54, 1.807) is 6.08 Å². The average Bonchev–Trinajstić information content (AvgIpc) is 3.39. The first-order valence-corrected chi connectivity index (χ1v) is 15.2. The quantitative estimate of drug-likeness (QED) is 0.255. The molecule has 41 heavy (non-hydrogen) atoms. The number of benzene rings is 2. The maximum Gasteiger partial charge on any atom is 0.283 e. The monoisotopic (exact) mass is 574 g/mol. The van der Waals surface area contributed by atoms with Crippen molar-refractivity contribution in [2.45, 2.75) is 65.2 Å². The molecule has 1 amide bonds. The molecule has 1 N–H and O–H groups in total. The number of rotatable bonds is 9. The molecule has 0 spiro atoms. The Balaban J connectivity index is 1.24. The molecule has 8 nitrogen and oxygen atoms in total. The Morgan fingerprint density at radius 2 is 1.73 bits per heavy atom. The second kappa shape index (κ2) is 12.5. The number of hydrazone groups is 1. The number of nitrogens with one attached hydrogen (secondary N) is 1. The van der Waals surface area contributed by atoms with Gasteiger partial charge in [-0.25, -0.2) is 0 Å². The van der Waals surface area contributed by atoms with E-state index < -0.39 is 5.91 Å². The highest BCUT2D eigenvalue weighted by atomic mass is 32.2. The van der Waals surface area contributed by atoms with Gasteiger partial charge in [0.25, 0.3) is 5.91 Å². The maximum absolute atomic E-state index is 12.9. The first-order chi connectivity index (χ1) is 19.7. The highest BCUT2D eigenvalue weighted by molar-refractivity contribution is 8.27. The van der Waals surface area contributed by atoms with Gasteiger partial charge in [0.2, 0.25) is 5.17 Å². The van der Waals surface area contributed by atoms with Gasteiger partial charge in [0.15, 0.2) is 17.3 Å². The van der Waals surface area contributed by atoms with Crippen molar-refractivity contribution in [2.24, 2.45) is 16.0 Å². The van der Waals surface area contributed by atoms with E-state index >= 15 is 0 Å². The second-order valence-electron chi connectivity index (χ2n) is 11.4. The van der Waals surface area contributed by atoms with Gasteiger partial charge in [0, 0.05) is 5.92 Å². The van der Waals surface area contributed by atoms with Gasteiger partial charge in [-0.2, -0.15) is 15.1 Å². The van der Waals surface area contributed by atoms with E-state index in [0.717, 1.165) is 23.6 Å². The van der Waals surface area contributed by atoms with Gasteiger partial charge >= 0.3 is 0 Å². The lowest BCUT2D eigenvalue weighted by Crippen LogP contribution is -2.35. The van der Waals surface area contributed by atoms with Crippen LogP contribution in [0.3, 0.4) is 0 Å². The Morgan fingerprint density at radius 3 is 2.44 bits per heavy atom. The third-order valence-electron chi connectivity index (χ3n) is 7.33. The van der Waals surface area contributed by atoms with Crippen molar-refractivity contribution in [3.8, 4) is 17.2 Å². The average molecular weight is 575 g/mol. The summed E-state index contributed by atoms with van der Waals surface area (Å²) < 4.78 is 17.7. The lowest BCUT2D eigenvalue weighted by atomic mass is 9.87. The Bertz CT molecular complexity index is 1390. The predicted octanol–water partition coefficient (Wildman–Crippen LogP) is 7.04. The van der Waals surface area contributed by atoms with Crippen LogP contribution in [0.2, 0.25) is 0 Å². The molecule has 0 atom stereocenters. The van der Waals surface area contributed by atoms with E-state index in [2.05, 4.69) is 43.0 Å². The number of carbonyl (C=O) groups excluding carboxylic acids is 1. The fourth-order valence-electron chi connectivity index (χ4n) is 5.05. The van der Waals surface area contributed by atoms with E-state index in [1.807, 2.05) is 37.3 Å². The van der Waals surface area contributed by atoms with Crippen LogP contribution in [-0.4, -0.2) is 46.8 Å². The number of hydrogen-bond acceptors (Lipinski definition) is 7. The number of thioether (sulfide) groups is 1. The van der Waals surface area contributed by atoms with E-state index in [0.29, 0.717) is 48.0 Å². The number of nitrogens with zero attached hydrogens (tertiary/aromatic N) is 3. The van der Waals surface area contributed by atoms with Crippen LogP contribution in [0.1, 0.15) is 70.9 Å². The van der Waals surface area contributed by atoms with Gasteiger partial charge in [-0.05, 0) is 78.4 Å². The molecule has 9 heteroatoms. The first-order valence-electron chi connectivity index (χ1n) is 14.4. The molecule has 5 rings (SSSR count). The molecule has 0 radical (unpaired) electrons. The minimum Gasteiger partial charge on any atom is -0.490 e. The third kappa shape index (κ3) is 6.84. The molecule has 3 aliphatic rings. The van der Waals surface area contributed by atoms with Crippen molar-refractivity contribution < 1.29 is 19.0 Å². The van der Waals surface area contributed by atoms with Crippen LogP contribution in [0.5, 0.6) is 17.2 Å². The van der Waals surface area contributed by atoms with Crippen LogP contribution >= 0.6 is 11.8 Å². The van der Waals surface area contributed by atoms with Crippen molar-refractivity contribution in [3.63, 3.8) is 0 Å². The summed E-state index contributed by atoms with van der Waals surface area (Å²) in [6.07, 6.45) is 7.51. The number of hydrogen-bond donors (Lipinski definition) is 1. The highest BCUT2D eigenvalue weighted by Gasteiger charge is 2.38. The summed E-state index contributed by atoms with van der Waals surface area (Å²) in [6.45, 7) is 9.64. The summed E-state index contributed by atoms with van der Waals surface area (Å²) in [6, 6.07) is 13.6. The predicted molar refractivity (Wildman–Crippen MR) is 165 cm³/mol. The zero-order valence-electron chi connectivity index (χ0n) is 24.2. The Morgan fingerprint density at radius 1 is 1.00 bits per heavy atom. The van der Waals surface area contributed by atoms with Crippen LogP contribution in [0.25, 0.3) is 6.08 Å². The van der Waals surface area contributed by atoms with Gasteiger partial charge in [-0.1, -0.05) is 58.2 Å². The molecule has 0 aromatic heterocycles. The summed E-state index contributed by atoms with van der Waals surface area (Å²) in [5.74, 6) is 1.95. The van der Waals surface area contributed by atoms with Crippen LogP contribution in [-0.2, 0) is 10.2 Å². The standard InChI is InChI=1S/C32H38N4O4S/c1-5-38-27-20-21(11-16-26(27)40-18-17-39-24-14-12-23(13-15-24)32(2,3)4)19-25-28(33)36-31(34-29(25)37)41-30(35-36)22-9-7-6-8-10-22/h11-16,19-20,22,33H,5-10,17-18H2,1-4H3/b25-19-,33-28?. The number of amides is 1. The van der Waals surface area contributed by atoms with Gasteiger partial charge in [-0.3, -0.25) is 10.2 Å². The van der Waals surface area contributed by atoms with Gasteiger partial charge < -0.3 is 14.2 Å². The number of fused-ring (bicyclic) bond motifs is 1. The minimum absolute atomic E-state index is 0.0456. The molecule has 2 aromatic carbocycles. The van der Waals surface area contributed by atoms with Crippen molar-refractivity contribution in [1.82, 2.24) is 5.01 Å². The zero-order valence-corrected chi connectivity index (χ0v) is 25.1. The Hall–Kier alpha value is -3.59. The van der Waals surface area contributed by atoms with E-state index in [-0.39, 0.29) is 16.8 Å². The van der Waals surface area contributed by atoms with E-state index in [4.69, 9.17) is 19.6 Å². The molecule has 2 aliphatic heterocycles. The van der Waals surface area contributed by atoms with Crippen molar-refractivity contribution in [3.05, 3.63) is 59.2 Å². The molecule has 1 fully saturated rings. The lowest BCUT2D eigenvalue weighted by molar-refractivity contribution is -0.114. The van der Waals surface area contributed by atoms with Crippen molar-refractivity contribution >= 4 is 39.8 Å². The largest absolute Gasteiger partial charge is 0.490 e. The normalized spacial score (nSPS) is 18.7. The molecule has 0 saturated heterocycles. The van der Waals surface area contributed by atoms with Crippen molar-refractivity contribution in [2.75, 3.05) is 19.8 Å². The topological polar surface area (TPSA) is 96.6 Å². The summed E-state index contributed by atoms with van der Waals surface area (Å²) in [7, 11) is 0. The molecular formula is C32H38N4O4S. The van der Waals surface area contributed by atoms with E-state index in [1.165, 1.54) is 41.6 Å². The Kier molecular flexibility index (Phi) is 8.82.